The summed E-state index contributed by atoms with van der Waals surface area (Å²) < 4.78 is 17.5. The number of methoxy groups -OCH3 is 2. The highest BCUT2D eigenvalue weighted by Crippen LogP contribution is 2.38. The first-order chi connectivity index (χ1) is 18.1. The van der Waals surface area contributed by atoms with Crippen LogP contribution >= 0.6 is 0 Å². The Morgan fingerprint density at radius 1 is 1.08 bits per heavy atom. The number of ether oxygens (including phenoxy) is 3. The zero-order chi connectivity index (χ0) is 25.8. The first kappa shape index (κ1) is 24.1. The molecule has 0 aliphatic carbocycles. The average molecular weight is 498 g/mol. The van der Waals surface area contributed by atoms with Gasteiger partial charge in [0.15, 0.2) is 11.5 Å². The molecule has 0 bridgehead atoms. The third-order valence-electron chi connectivity index (χ3n) is 6.29. The minimum absolute atomic E-state index is 0.0982. The SMILES string of the molecule is C=CC(=O)N1CCC(Oc2cc3c(Nc4cc(-c5cccnc5)ccc4OC)ncnc3cc2OC)C1. The Kier molecular flexibility index (Phi) is 6.85. The average Bonchev–Trinajstić information content (AvgIpc) is 3.41. The van der Waals surface area contributed by atoms with Crippen LogP contribution in [0.4, 0.5) is 11.5 Å². The van der Waals surface area contributed by atoms with Gasteiger partial charge in [0.1, 0.15) is 24.0 Å². The summed E-state index contributed by atoms with van der Waals surface area (Å²) in [6.45, 7) is 4.68. The molecule has 4 aromatic rings. The fourth-order valence-corrected chi connectivity index (χ4v) is 4.39. The van der Waals surface area contributed by atoms with E-state index in [2.05, 4.69) is 26.8 Å². The highest BCUT2D eigenvalue weighted by Gasteiger charge is 2.27. The number of anilines is 2. The number of likely N-dealkylation sites (tertiary alicyclic amines) is 1. The van der Waals surface area contributed by atoms with Crippen molar-refractivity contribution in [1.82, 2.24) is 19.9 Å². The Morgan fingerprint density at radius 2 is 1.95 bits per heavy atom. The molecule has 1 atom stereocenters. The molecular formula is C28H27N5O4. The van der Waals surface area contributed by atoms with Gasteiger partial charge in [-0.1, -0.05) is 18.7 Å². The fraction of sp³-hybridized carbons (Fsp3) is 0.214. The Morgan fingerprint density at radius 3 is 2.70 bits per heavy atom. The summed E-state index contributed by atoms with van der Waals surface area (Å²) in [6, 6.07) is 13.5. The van der Waals surface area contributed by atoms with Crippen LogP contribution in [0.25, 0.3) is 22.0 Å². The van der Waals surface area contributed by atoms with Crippen LogP contribution in [0.5, 0.6) is 17.2 Å². The molecule has 2 aromatic carbocycles. The lowest BCUT2D eigenvalue weighted by Crippen LogP contribution is -2.29. The molecule has 37 heavy (non-hydrogen) atoms. The van der Waals surface area contributed by atoms with E-state index in [0.29, 0.717) is 41.7 Å². The molecule has 1 amide bonds. The molecule has 1 aliphatic rings. The molecule has 9 nitrogen and oxygen atoms in total. The Bertz CT molecular complexity index is 1440. The molecule has 0 radical (unpaired) electrons. The van der Waals surface area contributed by atoms with E-state index in [4.69, 9.17) is 14.2 Å². The molecule has 1 saturated heterocycles. The van der Waals surface area contributed by atoms with Crippen LogP contribution in [0.15, 0.2) is 73.8 Å². The number of hydrogen-bond acceptors (Lipinski definition) is 8. The van der Waals surface area contributed by atoms with Crippen LogP contribution < -0.4 is 19.5 Å². The first-order valence-electron chi connectivity index (χ1n) is 11.9. The van der Waals surface area contributed by atoms with Crippen molar-refractivity contribution in [1.29, 1.82) is 0 Å². The van der Waals surface area contributed by atoms with Gasteiger partial charge in [-0.2, -0.15) is 0 Å². The predicted octanol–water partition coefficient (Wildman–Crippen LogP) is 4.62. The molecule has 1 aliphatic heterocycles. The Balaban J connectivity index is 1.49. The van der Waals surface area contributed by atoms with Crippen LogP contribution in [-0.2, 0) is 4.79 Å². The third-order valence-corrected chi connectivity index (χ3v) is 6.29. The normalized spacial score (nSPS) is 14.9. The maximum atomic E-state index is 12.0. The number of rotatable bonds is 8. The topological polar surface area (TPSA) is 98.7 Å². The van der Waals surface area contributed by atoms with Gasteiger partial charge in [0.2, 0.25) is 5.91 Å². The van der Waals surface area contributed by atoms with E-state index < -0.39 is 0 Å². The van der Waals surface area contributed by atoms with Crippen LogP contribution in [0.2, 0.25) is 0 Å². The lowest BCUT2D eigenvalue weighted by molar-refractivity contribution is -0.125. The second kappa shape index (κ2) is 10.5. The predicted molar refractivity (Wildman–Crippen MR) is 141 cm³/mol. The number of carbonyl (C=O) groups is 1. The van der Waals surface area contributed by atoms with Crippen LogP contribution in [-0.4, -0.2) is 59.2 Å². The van der Waals surface area contributed by atoms with Crippen molar-refractivity contribution in [2.75, 3.05) is 32.6 Å². The van der Waals surface area contributed by atoms with E-state index >= 15 is 0 Å². The van der Waals surface area contributed by atoms with E-state index in [1.54, 1.807) is 25.3 Å². The Hall–Kier alpha value is -4.66. The van der Waals surface area contributed by atoms with Crippen LogP contribution in [0.1, 0.15) is 6.42 Å². The number of aromatic nitrogens is 3. The number of nitrogens with one attached hydrogen (secondary N) is 1. The highest BCUT2D eigenvalue weighted by atomic mass is 16.5. The molecule has 9 heteroatoms. The quantitative estimate of drug-likeness (QED) is 0.352. The minimum atomic E-state index is -0.160. The second-order valence-corrected chi connectivity index (χ2v) is 8.54. The zero-order valence-corrected chi connectivity index (χ0v) is 20.7. The van der Waals surface area contributed by atoms with Gasteiger partial charge < -0.3 is 24.4 Å². The molecular weight excluding hydrogens is 470 g/mol. The maximum absolute atomic E-state index is 12.0. The van der Waals surface area contributed by atoms with Gasteiger partial charge in [0.25, 0.3) is 0 Å². The summed E-state index contributed by atoms with van der Waals surface area (Å²) in [4.78, 5) is 26.9. The molecule has 0 saturated carbocycles. The molecule has 0 spiro atoms. The molecule has 1 fully saturated rings. The summed E-state index contributed by atoms with van der Waals surface area (Å²) in [7, 11) is 3.21. The van der Waals surface area contributed by atoms with Crippen molar-refractivity contribution in [2.45, 2.75) is 12.5 Å². The maximum Gasteiger partial charge on any atom is 0.246 e. The first-order valence-corrected chi connectivity index (χ1v) is 11.9. The van der Waals surface area contributed by atoms with E-state index in [1.165, 1.54) is 12.4 Å². The molecule has 5 rings (SSSR count). The summed E-state index contributed by atoms with van der Waals surface area (Å²) in [5.74, 6) is 2.28. The lowest BCUT2D eigenvalue weighted by atomic mass is 10.1. The standard InChI is InChI=1S/C28H27N5O4/c1-4-27(34)33-11-9-20(16-33)37-26-13-21-22(14-25(26)36-3)30-17-31-28(21)32-23-12-18(7-8-24(23)35-2)19-6-5-10-29-15-19/h4-8,10,12-15,17,20H,1,9,11,16H2,2-3H3,(H,30,31,32). The van der Waals surface area contributed by atoms with E-state index in [0.717, 1.165) is 28.6 Å². The minimum Gasteiger partial charge on any atom is -0.495 e. The molecule has 1 unspecified atom stereocenters. The molecule has 188 valence electrons. The monoisotopic (exact) mass is 497 g/mol. The number of carbonyl (C=O) groups excluding carboxylic acids is 1. The van der Waals surface area contributed by atoms with Crippen molar-refractivity contribution in [2.24, 2.45) is 0 Å². The number of fused-ring (bicyclic) bond motifs is 1. The van der Waals surface area contributed by atoms with Crippen molar-refractivity contribution in [3.63, 3.8) is 0 Å². The summed E-state index contributed by atoms with van der Waals surface area (Å²) in [6.07, 6.45) is 6.94. The van der Waals surface area contributed by atoms with Crippen LogP contribution in [0, 0.1) is 0 Å². The van der Waals surface area contributed by atoms with E-state index in [-0.39, 0.29) is 12.0 Å². The number of nitrogens with zero attached hydrogens (tertiary/aromatic N) is 4. The number of pyridine rings is 1. The third kappa shape index (κ3) is 5.02. The summed E-state index contributed by atoms with van der Waals surface area (Å²) in [5, 5.41) is 4.16. The Labute approximate surface area is 214 Å². The number of amides is 1. The number of benzene rings is 2. The van der Waals surface area contributed by atoms with Gasteiger partial charge in [0, 0.05) is 42.4 Å². The van der Waals surface area contributed by atoms with Crippen molar-refractivity contribution >= 4 is 28.3 Å². The smallest absolute Gasteiger partial charge is 0.246 e. The molecule has 2 aromatic heterocycles. The van der Waals surface area contributed by atoms with Crippen molar-refractivity contribution in [3.05, 3.63) is 73.8 Å². The van der Waals surface area contributed by atoms with Gasteiger partial charge in [0.05, 0.1) is 32.0 Å². The largest absolute Gasteiger partial charge is 0.495 e. The van der Waals surface area contributed by atoms with Gasteiger partial charge >= 0.3 is 0 Å². The van der Waals surface area contributed by atoms with Crippen molar-refractivity contribution in [3.8, 4) is 28.4 Å². The van der Waals surface area contributed by atoms with Gasteiger partial charge in [-0.3, -0.25) is 9.78 Å². The summed E-state index contributed by atoms with van der Waals surface area (Å²) >= 11 is 0. The highest BCUT2D eigenvalue weighted by molar-refractivity contribution is 5.94. The van der Waals surface area contributed by atoms with E-state index in [1.807, 2.05) is 48.7 Å². The van der Waals surface area contributed by atoms with Gasteiger partial charge in [-0.25, -0.2) is 9.97 Å². The summed E-state index contributed by atoms with van der Waals surface area (Å²) in [5.41, 5.74) is 3.41. The van der Waals surface area contributed by atoms with E-state index in [9.17, 15) is 4.79 Å². The van der Waals surface area contributed by atoms with Crippen LogP contribution in [0.3, 0.4) is 0 Å². The molecule has 3 heterocycles. The lowest BCUT2D eigenvalue weighted by Gasteiger charge is -2.19. The molecule has 1 N–H and O–H groups in total. The fourth-order valence-electron chi connectivity index (χ4n) is 4.39. The van der Waals surface area contributed by atoms with Gasteiger partial charge in [-0.05, 0) is 35.9 Å². The zero-order valence-electron chi connectivity index (χ0n) is 20.7. The van der Waals surface area contributed by atoms with Crippen molar-refractivity contribution < 1.29 is 19.0 Å². The van der Waals surface area contributed by atoms with Gasteiger partial charge in [-0.15, -0.1) is 0 Å². The number of hydrogen-bond donors (Lipinski definition) is 1. The second-order valence-electron chi connectivity index (χ2n) is 8.54.